The highest BCUT2D eigenvalue weighted by molar-refractivity contribution is 6.31. The third kappa shape index (κ3) is 2.55. The summed E-state index contributed by atoms with van der Waals surface area (Å²) in [4.78, 5) is 0. The molecule has 1 saturated heterocycles. The molecule has 3 atom stereocenters. The van der Waals surface area contributed by atoms with Gasteiger partial charge in [0.25, 0.3) is 0 Å². The summed E-state index contributed by atoms with van der Waals surface area (Å²) in [6, 6.07) is 11.4. The van der Waals surface area contributed by atoms with Crippen LogP contribution in [-0.2, 0) is 9.47 Å². The Bertz CT molecular complexity index is 777. The Balaban J connectivity index is 1.77. The average molecular weight is 346 g/mol. The number of hydrogen-bond donors (Lipinski definition) is 2. The van der Waals surface area contributed by atoms with E-state index in [0.717, 1.165) is 16.8 Å². The first kappa shape index (κ1) is 15.8. The summed E-state index contributed by atoms with van der Waals surface area (Å²) >= 11 is 6.35. The van der Waals surface area contributed by atoms with Crippen molar-refractivity contribution in [3.63, 3.8) is 0 Å². The van der Waals surface area contributed by atoms with Gasteiger partial charge in [0.2, 0.25) is 0 Å². The van der Waals surface area contributed by atoms with E-state index in [0.29, 0.717) is 10.9 Å². The van der Waals surface area contributed by atoms with Crippen LogP contribution in [0.2, 0.25) is 5.02 Å². The molecule has 0 bridgehead atoms. The Hall–Kier alpha value is -1.75. The van der Waals surface area contributed by atoms with Gasteiger partial charge in [-0.25, -0.2) is 0 Å². The van der Waals surface area contributed by atoms with Gasteiger partial charge in [-0.3, -0.25) is 0 Å². The van der Waals surface area contributed by atoms with Crippen LogP contribution in [0.5, 0.6) is 5.75 Å². The molecule has 4 nitrogen and oxygen atoms in total. The van der Waals surface area contributed by atoms with Gasteiger partial charge in [0.15, 0.2) is 0 Å². The molecule has 4 rings (SSSR count). The maximum atomic E-state index is 9.60. The van der Waals surface area contributed by atoms with Gasteiger partial charge in [0.1, 0.15) is 24.8 Å². The number of halogens is 1. The van der Waals surface area contributed by atoms with E-state index >= 15 is 0 Å². The molecular weight excluding hydrogens is 326 g/mol. The number of benzene rings is 2. The van der Waals surface area contributed by atoms with Crippen LogP contribution in [0.25, 0.3) is 0 Å². The molecule has 0 radical (unpaired) electrons. The summed E-state index contributed by atoms with van der Waals surface area (Å²) < 4.78 is 11.7. The molecule has 2 N–H and O–H groups in total. The molecule has 0 aliphatic carbocycles. The van der Waals surface area contributed by atoms with E-state index in [2.05, 4.69) is 37.4 Å². The van der Waals surface area contributed by atoms with Crippen LogP contribution < -0.4 is 5.32 Å². The highest BCUT2D eigenvalue weighted by Crippen LogP contribution is 2.47. The number of phenols is 1. The maximum Gasteiger partial charge on any atom is 0.148 e. The fraction of sp³-hybridized carbons (Fsp3) is 0.368. The molecule has 0 saturated carbocycles. The first-order valence-electron chi connectivity index (χ1n) is 8.16. The van der Waals surface area contributed by atoms with Crippen molar-refractivity contribution in [2.45, 2.75) is 38.0 Å². The van der Waals surface area contributed by atoms with Gasteiger partial charge in [-0.05, 0) is 35.2 Å². The number of anilines is 1. The van der Waals surface area contributed by atoms with E-state index in [9.17, 15) is 5.11 Å². The van der Waals surface area contributed by atoms with Crippen LogP contribution in [0.15, 0.2) is 36.4 Å². The predicted octanol–water partition coefficient (Wildman–Crippen LogP) is 4.75. The molecule has 1 fully saturated rings. The van der Waals surface area contributed by atoms with Crippen molar-refractivity contribution < 1.29 is 14.6 Å². The van der Waals surface area contributed by atoms with Crippen LogP contribution in [0.4, 0.5) is 5.69 Å². The zero-order valence-corrected chi connectivity index (χ0v) is 14.4. The first-order valence-corrected chi connectivity index (χ1v) is 8.54. The summed E-state index contributed by atoms with van der Waals surface area (Å²) in [5.74, 6) is 0.613. The molecule has 2 aliphatic heterocycles. The molecule has 24 heavy (non-hydrogen) atoms. The lowest BCUT2D eigenvalue weighted by atomic mass is 9.86. The zero-order chi connectivity index (χ0) is 16.8. The van der Waals surface area contributed by atoms with Crippen LogP contribution >= 0.6 is 11.6 Å². The SMILES string of the molecule is CC(C)c1ccc2c(c1)C1OCOC1C(c1ccc(O)cc1Cl)N2. The Morgan fingerprint density at radius 2 is 1.96 bits per heavy atom. The number of aromatic hydroxyl groups is 1. The lowest BCUT2D eigenvalue weighted by Crippen LogP contribution is -2.34. The van der Waals surface area contributed by atoms with Crippen molar-refractivity contribution in [2.24, 2.45) is 0 Å². The molecule has 5 heteroatoms. The zero-order valence-electron chi connectivity index (χ0n) is 13.6. The monoisotopic (exact) mass is 345 g/mol. The molecule has 2 aliphatic rings. The van der Waals surface area contributed by atoms with Crippen LogP contribution in [0.1, 0.15) is 48.6 Å². The number of nitrogens with one attached hydrogen (secondary N) is 1. The summed E-state index contributed by atoms with van der Waals surface area (Å²) in [5, 5.41) is 13.7. The topological polar surface area (TPSA) is 50.7 Å². The minimum atomic E-state index is -0.151. The first-order chi connectivity index (χ1) is 11.5. The van der Waals surface area contributed by atoms with Crippen molar-refractivity contribution in [3.8, 4) is 5.75 Å². The molecule has 2 heterocycles. The Morgan fingerprint density at radius 3 is 2.71 bits per heavy atom. The third-order valence-corrected chi connectivity index (χ3v) is 5.14. The highest BCUT2D eigenvalue weighted by atomic mass is 35.5. The van der Waals surface area contributed by atoms with Crippen molar-refractivity contribution in [2.75, 3.05) is 12.1 Å². The Kier molecular flexibility index (Phi) is 3.91. The van der Waals surface area contributed by atoms with Gasteiger partial charge in [0, 0.05) is 16.3 Å². The van der Waals surface area contributed by atoms with E-state index < -0.39 is 0 Å². The number of rotatable bonds is 2. The molecule has 3 unspecified atom stereocenters. The predicted molar refractivity (Wildman–Crippen MR) is 93.6 cm³/mol. The fourth-order valence-corrected chi connectivity index (χ4v) is 3.78. The summed E-state index contributed by atoms with van der Waals surface area (Å²) in [6.07, 6.45) is -0.267. The normalized spacial score (nSPS) is 25.2. The minimum absolute atomic E-state index is 0.116. The molecule has 0 amide bonds. The second kappa shape index (κ2) is 5.96. The smallest absolute Gasteiger partial charge is 0.148 e. The summed E-state index contributed by atoms with van der Waals surface area (Å²) in [7, 11) is 0. The van der Waals surface area contributed by atoms with Crippen molar-refractivity contribution in [3.05, 3.63) is 58.1 Å². The lowest BCUT2D eigenvalue weighted by Gasteiger charge is -2.36. The number of phenolic OH excluding ortho intramolecular Hbond substituents is 1. The second-order valence-corrected chi connectivity index (χ2v) is 7.07. The molecule has 2 aromatic carbocycles. The van der Waals surface area contributed by atoms with Gasteiger partial charge in [-0.1, -0.05) is 43.6 Å². The number of hydrogen-bond acceptors (Lipinski definition) is 4. The van der Waals surface area contributed by atoms with E-state index in [4.69, 9.17) is 21.1 Å². The minimum Gasteiger partial charge on any atom is -0.508 e. The van der Waals surface area contributed by atoms with E-state index in [1.807, 2.05) is 6.07 Å². The Labute approximate surface area is 146 Å². The quantitative estimate of drug-likeness (QED) is 0.824. The van der Waals surface area contributed by atoms with Gasteiger partial charge in [-0.15, -0.1) is 0 Å². The number of ether oxygens (including phenoxy) is 2. The van der Waals surface area contributed by atoms with Crippen LogP contribution in [0, 0.1) is 0 Å². The highest BCUT2D eigenvalue weighted by Gasteiger charge is 2.43. The van der Waals surface area contributed by atoms with Gasteiger partial charge in [0.05, 0.1) is 6.04 Å². The van der Waals surface area contributed by atoms with E-state index in [1.165, 1.54) is 5.56 Å². The molecular formula is C19H20ClNO3. The lowest BCUT2D eigenvalue weighted by molar-refractivity contribution is 0.0367. The standard InChI is InChI=1S/C19H20ClNO3/c1-10(2)11-3-6-16-14(7-11)18-19(24-9-23-18)17(21-16)13-5-4-12(22)8-15(13)20/h3-8,10,17-19,21-22H,9H2,1-2H3. The summed E-state index contributed by atoms with van der Waals surface area (Å²) in [6.45, 7) is 4.63. The van der Waals surface area contributed by atoms with Crippen LogP contribution in [0.3, 0.4) is 0 Å². The molecule has 0 aromatic heterocycles. The molecule has 2 aromatic rings. The Morgan fingerprint density at radius 1 is 1.12 bits per heavy atom. The molecule has 126 valence electrons. The van der Waals surface area contributed by atoms with Crippen LogP contribution in [-0.4, -0.2) is 18.0 Å². The van der Waals surface area contributed by atoms with Crippen molar-refractivity contribution in [1.29, 1.82) is 0 Å². The maximum absolute atomic E-state index is 9.60. The second-order valence-electron chi connectivity index (χ2n) is 6.67. The van der Waals surface area contributed by atoms with Gasteiger partial charge >= 0.3 is 0 Å². The number of fused-ring (bicyclic) bond motifs is 3. The van der Waals surface area contributed by atoms with Gasteiger partial charge < -0.3 is 19.9 Å². The largest absolute Gasteiger partial charge is 0.508 e. The summed E-state index contributed by atoms with van der Waals surface area (Å²) in [5.41, 5.74) is 4.36. The van der Waals surface area contributed by atoms with E-state index in [-0.39, 0.29) is 30.8 Å². The van der Waals surface area contributed by atoms with Crippen molar-refractivity contribution >= 4 is 17.3 Å². The average Bonchev–Trinajstić information content (AvgIpc) is 3.04. The fourth-order valence-electron chi connectivity index (χ4n) is 3.49. The van der Waals surface area contributed by atoms with E-state index in [1.54, 1.807) is 12.1 Å². The molecule has 0 spiro atoms. The third-order valence-electron chi connectivity index (χ3n) is 4.81. The van der Waals surface area contributed by atoms with Crippen molar-refractivity contribution in [1.82, 2.24) is 0 Å². The van der Waals surface area contributed by atoms with Gasteiger partial charge in [-0.2, -0.15) is 0 Å².